The van der Waals surface area contributed by atoms with Gasteiger partial charge in [0.15, 0.2) is 0 Å². The largest absolute Gasteiger partial charge is 0.455 e. The van der Waals surface area contributed by atoms with Crippen molar-refractivity contribution in [3.05, 3.63) is 41.7 Å². The van der Waals surface area contributed by atoms with Gasteiger partial charge in [-0.15, -0.1) is 10.2 Å². The first-order chi connectivity index (χ1) is 7.75. The quantitative estimate of drug-likeness (QED) is 0.704. The molecule has 0 spiro atoms. The summed E-state index contributed by atoms with van der Waals surface area (Å²) < 4.78 is 5.01. The molecular weight excluding hydrogens is 208 g/mol. The first kappa shape index (κ1) is 10.3. The van der Waals surface area contributed by atoms with E-state index in [-0.39, 0.29) is 12.4 Å². The Balaban J connectivity index is 1.94. The van der Waals surface area contributed by atoms with Crippen molar-refractivity contribution in [3.8, 4) is 0 Å². The van der Waals surface area contributed by atoms with E-state index in [4.69, 9.17) is 4.74 Å². The van der Waals surface area contributed by atoms with Crippen molar-refractivity contribution >= 4 is 5.97 Å². The highest BCUT2D eigenvalue weighted by Gasteiger charge is 2.13. The summed E-state index contributed by atoms with van der Waals surface area (Å²) in [5.41, 5.74) is 0.916. The predicted molar refractivity (Wildman–Crippen MR) is 54.4 cm³/mol. The van der Waals surface area contributed by atoms with Crippen molar-refractivity contribution in [2.75, 3.05) is 0 Å². The van der Waals surface area contributed by atoms with E-state index in [1.165, 1.54) is 4.80 Å². The van der Waals surface area contributed by atoms with Crippen molar-refractivity contribution < 1.29 is 9.53 Å². The molecule has 0 N–H and O–H groups in total. The molecule has 16 heavy (non-hydrogen) atoms. The average molecular weight is 218 g/mol. The molecule has 0 radical (unpaired) electrons. The number of carbonyl (C=O) groups excluding carboxylic acids is 1. The highest BCUT2D eigenvalue weighted by atomic mass is 16.5. The molecule has 6 nitrogen and oxygen atoms in total. The molecule has 0 aliphatic heterocycles. The maximum atomic E-state index is 11.4. The average Bonchev–Trinajstić information content (AvgIpc) is 2.74. The molecule has 1 heterocycles. The van der Waals surface area contributed by atoms with Crippen LogP contribution >= 0.6 is 0 Å². The van der Waals surface area contributed by atoms with E-state index in [0.717, 1.165) is 5.56 Å². The van der Waals surface area contributed by atoms with Crippen LogP contribution in [0.25, 0.3) is 0 Å². The molecule has 0 aliphatic carbocycles. The third kappa shape index (κ3) is 2.41. The van der Waals surface area contributed by atoms with Crippen LogP contribution < -0.4 is 0 Å². The minimum absolute atomic E-state index is 0.0292. The van der Waals surface area contributed by atoms with E-state index in [1.807, 2.05) is 30.3 Å². The Kier molecular flexibility index (Phi) is 2.90. The van der Waals surface area contributed by atoms with Crippen LogP contribution in [0.3, 0.4) is 0 Å². The Morgan fingerprint density at radius 1 is 1.38 bits per heavy atom. The maximum absolute atomic E-state index is 11.4. The van der Waals surface area contributed by atoms with E-state index in [1.54, 1.807) is 7.05 Å². The number of rotatable bonds is 3. The van der Waals surface area contributed by atoms with Gasteiger partial charge in [0.1, 0.15) is 6.61 Å². The number of hydrogen-bond donors (Lipinski definition) is 0. The smallest absolute Gasteiger partial charge is 0.380 e. The molecule has 2 rings (SSSR count). The van der Waals surface area contributed by atoms with Gasteiger partial charge in [0.05, 0.1) is 7.05 Å². The SMILES string of the molecule is Cn1nnc(C(=O)OCc2ccccc2)n1. The topological polar surface area (TPSA) is 69.9 Å². The van der Waals surface area contributed by atoms with Gasteiger partial charge >= 0.3 is 5.97 Å². The van der Waals surface area contributed by atoms with E-state index < -0.39 is 5.97 Å². The molecule has 82 valence electrons. The minimum atomic E-state index is -0.572. The van der Waals surface area contributed by atoms with Gasteiger partial charge in [0, 0.05) is 0 Å². The maximum Gasteiger partial charge on any atom is 0.380 e. The number of tetrazole rings is 1. The summed E-state index contributed by atoms with van der Waals surface area (Å²) in [7, 11) is 1.58. The highest BCUT2D eigenvalue weighted by Crippen LogP contribution is 2.02. The zero-order valence-corrected chi connectivity index (χ0v) is 8.70. The Morgan fingerprint density at radius 2 is 2.12 bits per heavy atom. The second-order valence-corrected chi connectivity index (χ2v) is 3.16. The van der Waals surface area contributed by atoms with Gasteiger partial charge < -0.3 is 4.74 Å². The normalized spacial score (nSPS) is 10.1. The summed E-state index contributed by atoms with van der Waals surface area (Å²) in [6.45, 7) is 0.206. The molecule has 0 saturated carbocycles. The van der Waals surface area contributed by atoms with Gasteiger partial charge in [-0.25, -0.2) is 4.79 Å². The van der Waals surface area contributed by atoms with Crippen LogP contribution in [0.15, 0.2) is 30.3 Å². The number of benzene rings is 1. The molecule has 2 aromatic rings. The molecule has 1 aromatic carbocycles. The highest BCUT2D eigenvalue weighted by molar-refractivity contribution is 5.84. The van der Waals surface area contributed by atoms with Crippen molar-refractivity contribution in [1.82, 2.24) is 20.2 Å². The van der Waals surface area contributed by atoms with Gasteiger partial charge in [0.25, 0.3) is 5.82 Å². The standard InChI is InChI=1S/C10H10N4O2/c1-14-12-9(11-13-14)10(15)16-7-8-5-3-2-4-6-8/h2-6H,7H2,1H3. The third-order valence-electron chi connectivity index (χ3n) is 1.90. The van der Waals surface area contributed by atoms with Crippen molar-refractivity contribution in [2.45, 2.75) is 6.61 Å². The number of carbonyl (C=O) groups is 1. The van der Waals surface area contributed by atoms with Crippen LogP contribution in [0, 0.1) is 0 Å². The van der Waals surface area contributed by atoms with Crippen molar-refractivity contribution in [1.29, 1.82) is 0 Å². The molecule has 0 bridgehead atoms. The van der Waals surface area contributed by atoms with Gasteiger partial charge in [-0.1, -0.05) is 30.3 Å². The van der Waals surface area contributed by atoms with Crippen LogP contribution in [-0.4, -0.2) is 26.2 Å². The summed E-state index contributed by atoms with van der Waals surface area (Å²) in [6.07, 6.45) is 0. The van der Waals surface area contributed by atoms with Crippen LogP contribution in [0.1, 0.15) is 16.2 Å². The van der Waals surface area contributed by atoms with E-state index >= 15 is 0 Å². The van der Waals surface area contributed by atoms with Crippen LogP contribution in [0.2, 0.25) is 0 Å². The second kappa shape index (κ2) is 4.52. The second-order valence-electron chi connectivity index (χ2n) is 3.16. The van der Waals surface area contributed by atoms with Crippen LogP contribution in [-0.2, 0) is 18.4 Å². The van der Waals surface area contributed by atoms with Gasteiger partial charge in [-0.05, 0) is 10.8 Å². The summed E-state index contributed by atoms with van der Waals surface area (Å²) in [4.78, 5) is 12.6. The minimum Gasteiger partial charge on any atom is -0.455 e. The van der Waals surface area contributed by atoms with Crippen LogP contribution in [0.4, 0.5) is 0 Å². The number of esters is 1. The predicted octanol–water partition coefficient (Wildman–Crippen LogP) is 0.567. The lowest BCUT2D eigenvalue weighted by atomic mass is 10.2. The molecule has 0 aliphatic rings. The molecule has 1 aromatic heterocycles. The zero-order chi connectivity index (χ0) is 11.4. The van der Waals surface area contributed by atoms with Crippen LogP contribution in [0.5, 0.6) is 0 Å². The molecule has 0 atom stereocenters. The van der Waals surface area contributed by atoms with Gasteiger partial charge in [-0.2, -0.15) is 4.80 Å². The number of aromatic nitrogens is 4. The monoisotopic (exact) mass is 218 g/mol. The molecule has 6 heteroatoms. The van der Waals surface area contributed by atoms with Gasteiger partial charge in [-0.3, -0.25) is 0 Å². The Morgan fingerprint density at radius 3 is 2.75 bits per heavy atom. The van der Waals surface area contributed by atoms with E-state index in [0.29, 0.717) is 0 Å². The Hall–Kier alpha value is -2.24. The fourth-order valence-corrected chi connectivity index (χ4v) is 1.15. The number of nitrogens with zero attached hydrogens (tertiary/aromatic N) is 4. The van der Waals surface area contributed by atoms with Crippen molar-refractivity contribution in [3.63, 3.8) is 0 Å². The summed E-state index contributed by atoms with van der Waals surface area (Å²) in [6, 6.07) is 9.40. The lowest BCUT2D eigenvalue weighted by Crippen LogP contribution is -2.08. The first-order valence-electron chi connectivity index (χ1n) is 4.71. The summed E-state index contributed by atoms with van der Waals surface area (Å²) in [5, 5.41) is 10.8. The fraction of sp³-hybridized carbons (Fsp3) is 0.200. The molecule has 0 saturated heterocycles. The Labute approximate surface area is 91.8 Å². The Bertz CT molecular complexity index is 481. The summed E-state index contributed by atoms with van der Waals surface area (Å²) >= 11 is 0. The molecule has 0 amide bonds. The van der Waals surface area contributed by atoms with Gasteiger partial charge in [0.2, 0.25) is 0 Å². The number of aryl methyl sites for hydroxylation is 1. The molecule has 0 fully saturated rings. The lowest BCUT2D eigenvalue weighted by molar-refractivity contribution is 0.0457. The lowest BCUT2D eigenvalue weighted by Gasteiger charge is -2.01. The fourth-order valence-electron chi connectivity index (χ4n) is 1.15. The third-order valence-corrected chi connectivity index (χ3v) is 1.90. The first-order valence-corrected chi connectivity index (χ1v) is 4.71. The molecule has 0 unspecified atom stereocenters. The van der Waals surface area contributed by atoms with E-state index in [2.05, 4.69) is 15.4 Å². The van der Waals surface area contributed by atoms with E-state index in [9.17, 15) is 4.79 Å². The number of ether oxygens (including phenoxy) is 1. The van der Waals surface area contributed by atoms with Crippen molar-refractivity contribution in [2.24, 2.45) is 7.05 Å². The zero-order valence-electron chi connectivity index (χ0n) is 8.70. The number of hydrogen-bond acceptors (Lipinski definition) is 5. The molecular formula is C10H10N4O2. The summed E-state index contributed by atoms with van der Waals surface area (Å²) in [5.74, 6) is -0.601.